The largest absolute Gasteiger partial charge is 0.352 e. The summed E-state index contributed by atoms with van der Waals surface area (Å²) in [5.41, 5.74) is -1.78. The van der Waals surface area contributed by atoms with Crippen molar-refractivity contribution in [2.24, 2.45) is 0 Å². The normalized spacial score (nSPS) is 13.5. The Morgan fingerprint density at radius 3 is 1.41 bits per heavy atom. The van der Waals surface area contributed by atoms with Gasteiger partial charge in [0.15, 0.2) is 11.6 Å². The predicted molar refractivity (Wildman–Crippen MR) is 281 cm³/mol. The van der Waals surface area contributed by atoms with Crippen LogP contribution in [0.5, 0.6) is 0 Å². The Morgan fingerprint density at radius 1 is 0.549 bits per heavy atom. The number of fused-ring (bicyclic) bond motifs is 3. The number of amides is 5. The van der Waals surface area contributed by atoms with Gasteiger partial charge in [-0.15, -0.1) is 0 Å². The molecule has 0 unspecified atom stereocenters. The van der Waals surface area contributed by atoms with Gasteiger partial charge in [-0.1, -0.05) is 127 Å². The number of carbonyl (C=O) groups is 7. The van der Waals surface area contributed by atoms with Gasteiger partial charge in [-0.25, -0.2) is 9.88 Å². The second kappa shape index (κ2) is 22.7. The molecule has 22 heteroatoms. The number of anilines is 2. The van der Waals surface area contributed by atoms with Crippen LogP contribution < -0.4 is 20.9 Å². The third-order valence-corrected chi connectivity index (χ3v) is 16.0. The molecule has 0 atom stereocenters. The average Bonchev–Trinajstić information content (AvgIpc) is 3.79. The Bertz CT molecular complexity index is 2950. The van der Waals surface area contributed by atoms with E-state index in [-0.39, 0.29) is 107 Å². The maximum absolute atomic E-state index is 14.5. The van der Waals surface area contributed by atoms with Crippen LogP contribution in [0.3, 0.4) is 0 Å². The number of benzene rings is 4. The lowest BCUT2D eigenvalue weighted by molar-refractivity contribution is 0.0880. The highest BCUT2D eigenvalue weighted by atomic mass is 35.5. The van der Waals surface area contributed by atoms with Crippen molar-refractivity contribution in [3.05, 3.63) is 127 Å². The highest BCUT2D eigenvalue weighted by molar-refractivity contribution is 6.57. The first-order valence-corrected chi connectivity index (χ1v) is 25.4. The quantitative estimate of drug-likeness (QED) is 0.0251. The zero-order chi connectivity index (χ0) is 51.7. The smallest absolute Gasteiger partial charge is 0.267 e. The molecule has 4 aromatic carbocycles. The van der Waals surface area contributed by atoms with Gasteiger partial charge in [0.2, 0.25) is 0 Å². The molecule has 2 aliphatic rings. The van der Waals surface area contributed by atoms with Crippen LogP contribution in [0, 0.1) is 0 Å². The summed E-state index contributed by atoms with van der Waals surface area (Å²) in [4.78, 5) is 108. The van der Waals surface area contributed by atoms with Crippen LogP contribution in [0.1, 0.15) is 125 Å². The van der Waals surface area contributed by atoms with Crippen LogP contribution in [0.15, 0.2) is 42.5 Å². The Balaban J connectivity index is 1.29. The number of hydrogen-bond donors (Lipinski definition) is 3. The van der Waals surface area contributed by atoms with Crippen molar-refractivity contribution in [2.45, 2.75) is 46.5 Å². The zero-order valence-corrected chi connectivity index (χ0v) is 44.4. The van der Waals surface area contributed by atoms with E-state index < -0.39 is 47.0 Å². The molecule has 0 saturated carbocycles. The molecular weight excluding hydrogens is 1080 g/mol. The van der Waals surface area contributed by atoms with Crippen molar-refractivity contribution < 1.29 is 33.6 Å². The van der Waals surface area contributed by atoms with Gasteiger partial charge < -0.3 is 25.8 Å². The van der Waals surface area contributed by atoms with Crippen LogP contribution in [0.4, 0.5) is 11.4 Å². The van der Waals surface area contributed by atoms with Crippen molar-refractivity contribution in [3.8, 4) is 0 Å². The number of carbonyl (C=O) groups excluding carboxylic acids is 7. The molecule has 71 heavy (non-hydrogen) atoms. The van der Waals surface area contributed by atoms with Crippen LogP contribution >= 0.6 is 92.8 Å². The molecule has 1 aliphatic heterocycles. The minimum atomic E-state index is -1.63. The van der Waals surface area contributed by atoms with E-state index >= 15 is 0 Å². The topological polar surface area (TPSA) is 178 Å². The number of halogens is 8. The van der Waals surface area contributed by atoms with E-state index in [2.05, 4.69) is 58.4 Å². The number of pyridine rings is 1. The molecule has 0 saturated heterocycles. The Hall–Kier alpha value is -4.58. The van der Waals surface area contributed by atoms with E-state index in [0.717, 1.165) is 39.3 Å². The summed E-state index contributed by atoms with van der Waals surface area (Å²) in [7, 11) is 0. The minimum absolute atomic E-state index is 0.0631. The van der Waals surface area contributed by atoms with Crippen molar-refractivity contribution in [3.63, 3.8) is 0 Å². The fourth-order valence-corrected chi connectivity index (χ4v) is 10.5. The monoisotopic (exact) mass is 1120 g/mol. The van der Waals surface area contributed by atoms with Gasteiger partial charge in [-0.2, -0.15) is 0 Å². The number of rotatable bonds is 18. The number of Topliss-reactive ketones (excluding diaryl/α,β-unsaturated/α-hetero) is 2. The SMILES string of the molecule is CCN(CC)CCCNC(=O)c1cc(NC(=O)c2cc(N3C(=O)c4c(Cl)c(Cl)c(Cl)c(Cl)c4C3=O)c3nc(C4C(=O)c5c(Cl)c(Cl)c(Cl)c(Cl)c5C4=O)ccc3c2)cc(C(=O)NCCCN(CC)CC)c1. The lowest BCUT2D eigenvalue weighted by Crippen LogP contribution is -2.31. The average molecular weight is 1130 g/mol. The van der Waals surface area contributed by atoms with Crippen LogP contribution in [0.25, 0.3) is 10.9 Å². The van der Waals surface area contributed by atoms with Gasteiger partial charge in [0.25, 0.3) is 29.5 Å². The summed E-state index contributed by atoms with van der Waals surface area (Å²) in [6.07, 6.45) is 1.34. The van der Waals surface area contributed by atoms with E-state index in [0.29, 0.717) is 30.8 Å². The third-order valence-electron chi connectivity index (χ3n) is 12.4. The summed E-state index contributed by atoms with van der Waals surface area (Å²) in [5, 5.41) is 6.32. The molecule has 5 amide bonds. The van der Waals surface area contributed by atoms with E-state index in [1.807, 2.05) is 0 Å². The van der Waals surface area contributed by atoms with Crippen molar-refractivity contribution in [1.29, 1.82) is 0 Å². The molecule has 5 aromatic rings. The fourth-order valence-electron chi connectivity index (χ4n) is 8.49. The molecule has 0 spiro atoms. The first-order chi connectivity index (χ1) is 33.8. The summed E-state index contributed by atoms with van der Waals surface area (Å²) in [6.45, 7) is 13.9. The summed E-state index contributed by atoms with van der Waals surface area (Å²) in [6, 6.07) is 9.59. The van der Waals surface area contributed by atoms with Crippen molar-refractivity contribution in [2.75, 3.05) is 62.6 Å². The molecular formula is C49H43Cl8N7O7. The highest BCUT2D eigenvalue weighted by Crippen LogP contribution is 2.49. The minimum Gasteiger partial charge on any atom is -0.352 e. The van der Waals surface area contributed by atoms with E-state index in [9.17, 15) is 33.6 Å². The summed E-state index contributed by atoms with van der Waals surface area (Å²) in [5.74, 6) is -7.04. The molecule has 2 heterocycles. The predicted octanol–water partition coefficient (Wildman–Crippen LogP) is 11.6. The Labute approximate surface area is 448 Å². The molecule has 372 valence electrons. The van der Waals surface area contributed by atoms with Gasteiger partial charge in [0, 0.05) is 40.9 Å². The number of aromatic nitrogens is 1. The summed E-state index contributed by atoms with van der Waals surface area (Å²) < 4.78 is 0. The maximum atomic E-state index is 14.5. The molecule has 3 N–H and O–H groups in total. The van der Waals surface area contributed by atoms with Gasteiger partial charge in [-0.05, 0) is 88.5 Å². The van der Waals surface area contributed by atoms with Crippen LogP contribution in [-0.4, -0.2) is 108 Å². The molecule has 1 aliphatic carbocycles. The number of nitrogens with one attached hydrogen (secondary N) is 3. The molecule has 0 bridgehead atoms. The van der Waals surface area contributed by atoms with Crippen molar-refractivity contribution >= 4 is 156 Å². The van der Waals surface area contributed by atoms with Gasteiger partial charge in [-0.3, -0.25) is 33.6 Å². The number of ketones is 2. The van der Waals surface area contributed by atoms with E-state index in [1.54, 1.807) is 0 Å². The number of imide groups is 1. The standard InChI is InChI=1S/C49H43Cl8N7O7/c1-5-62(6-2)15-9-13-58-45(67)23-18-24(46(68)59-14-10-16-63(7-3)8-4)20-26(19-23)60-47(69)25-17-22-11-12-27(29-43(65)30-31(44(29)66)35(51)39(55)38(54)34(30)50)61-42(22)28(21-25)64-48(70)32-33(49(64)71)37(53)41(57)40(56)36(32)52/h11-12,17-21,29H,5-10,13-16H2,1-4H3,(H,58,67)(H,59,68)(H,60,69). The Morgan fingerprint density at radius 2 is 0.972 bits per heavy atom. The van der Waals surface area contributed by atoms with Gasteiger partial charge in [0.05, 0.1) is 79.3 Å². The second-order valence-corrected chi connectivity index (χ2v) is 19.5. The fraction of sp³-hybridized carbons (Fsp3) is 0.306. The molecule has 0 fully saturated rings. The van der Waals surface area contributed by atoms with Crippen molar-refractivity contribution in [1.82, 2.24) is 25.4 Å². The van der Waals surface area contributed by atoms with Gasteiger partial charge in [0.1, 0.15) is 5.92 Å². The van der Waals surface area contributed by atoms with E-state index in [4.69, 9.17) is 92.8 Å². The lowest BCUT2D eigenvalue weighted by atomic mass is 9.97. The lowest BCUT2D eigenvalue weighted by Gasteiger charge is -2.19. The number of hydrogen-bond acceptors (Lipinski definition) is 10. The molecule has 7 rings (SSSR count). The Kier molecular flexibility index (Phi) is 17.3. The highest BCUT2D eigenvalue weighted by Gasteiger charge is 2.47. The van der Waals surface area contributed by atoms with Crippen LogP contribution in [0.2, 0.25) is 40.2 Å². The van der Waals surface area contributed by atoms with E-state index in [1.165, 1.54) is 42.5 Å². The third kappa shape index (κ3) is 10.5. The van der Waals surface area contributed by atoms with Crippen LogP contribution in [-0.2, 0) is 0 Å². The second-order valence-electron chi connectivity index (χ2n) is 16.4. The molecule has 14 nitrogen and oxygen atoms in total. The zero-order valence-electron chi connectivity index (χ0n) is 38.4. The van der Waals surface area contributed by atoms with Gasteiger partial charge >= 0.3 is 0 Å². The first-order valence-electron chi connectivity index (χ1n) is 22.4. The molecule has 0 radical (unpaired) electrons. The maximum Gasteiger partial charge on any atom is 0.267 e. The summed E-state index contributed by atoms with van der Waals surface area (Å²) >= 11 is 51.1. The molecule has 1 aromatic heterocycles. The number of nitrogens with zero attached hydrogens (tertiary/aromatic N) is 4. The first kappa shape index (κ1) is 54.2.